The minimum Gasteiger partial charge on any atom is -0.392 e. The summed E-state index contributed by atoms with van der Waals surface area (Å²) >= 11 is 0. The summed E-state index contributed by atoms with van der Waals surface area (Å²) in [6.45, 7) is -0.0245. The predicted molar refractivity (Wildman–Crippen MR) is 112 cm³/mol. The lowest BCUT2D eigenvalue weighted by molar-refractivity contribution is 0.282. The van der Waals surface area contributed by atoms with Crippen molar-refractivity contribution in [3.8, 4) is 28.5 Å². The Hall–Kier alpha value is -4.11. The molecule has 0 fully saturated rings. The Labute approximate surface area is 171 Å². The first kappa shape index (κ1) is 18.0. The molecule has 0 atom stereocenters. The summed E-state index contributed by atoms with van der Waals surface area (Å²) in [6, 6.07) is 15.1. The van der Waals surface area contributed by atoms with Crippen LogP contribution in [0.15, 0.2) is 60.9 Å². The van der Waals surface area contributed by atoms with Crippen LogP contribution >= 0.6 is 0 Å². The molecule has 9 heteroatoms. The maximum atomic E-state index is 9.40. The summed E-state index contributed by atoms with van der Waals surface area (Å²) < 4.78 is 3.61. The van der Waals surface area contributed by atoms with Gasteiger partial charge in [0, 0.05) is 18.9 Å². The van der Waals surface area contributed by atoms with Gasteiger partial charge in [0.25, 0.3) is 0 Å². The third-order valence-electron chi connectivity index (χ3n) is 4.94. The van der Waals surface area contributed by atoms with Crippen molar-refractivity contribution in [2.45, 2.75) is 6.61 Å². The van der Waals surface area contributed by atoms with Crippen molar-refractivity contribution in [2.75, 3.05) is 5.73 Å². The van der Waals surface area contributed by atoms with E-state index in [1.165, 1.54) is 0 Å². The van der Waals surface area contributed by atoms with E-state index < -0.39 is 0 Å². The van der Waals surface area contributed by atoms with Crippen molar-refractivity contribution in [2.24, 2.45) is 7.05 Å². The summed E-state index contributed by atoms with van der Waals surface area (Å²) in [5.74, 6) is 1.03. The fraction of sp³-hybridized carbons (Fsp3) is 0.0952. The largest absolute Gasteiger partial charge is 0.392 e. The topological polar surface area (TPSA) is 121 Å². The van der Waals surface area contributed by atoms with Gasteiger partial charge in [-0.2, -0.15) is 0 Å². The summed E-state index contributed by atoms with van der Waals surface area (Å²) in [6.07, 6.45) is 3.32. The van der Waals surface area contributed by atoms with Crippen molar-refractivity contribution in [3.05, 3.63) is 66.5 Å². The van der Waals surface area contributed by atoms with Crippen molar-refractivity contribution in [1.82, 2.24) is 34.5 Å². The number of aliphatic hydroxyl groups is 1. The molecule has 0 aliphatic carbocycles. The lowest BCUT2D eigenvalue weighted by Crippen LogP contribution is -2.03. The number of nitrogen functional groups attached to an aromatic ring is 1. The Kier molecular flexibility index (Phi) is 4.22. The zero-order chi connectivity index (χ0) is 20.7. The second-order valence-electron chi connectivity index (χ2n) is 6.81. The van der Waals surface area contributed by atoms with Gasteiger partial charge in [0.05, 0.1) is 24.1 Å². The molecule has 0 aliphatic rings. The van der Waals surface area contributed by atoms with Crippen molar-refractivity contribution >= 4 is 17.0 Å². The normalized spacial score (nSPS) is 11.3. The van der Waals surface area contributed by atoms with E-state index in [4.69, 9.17) is 15.7 Å². The van der Waals surface area contributed by atoms with Gasteiger partial charge in [-0.05, 0) is 42.0 Å². The fourth-order valence-electron chi connectivity index (χ4n) is 3.40. The molecule has 3 N–H and O–H groups in total. The number of anilines is 1. The van der Waals surface area contributed by atoms with E-state index in [-0.39, 0.29) is 6.61 Å². The SMILES string of the molecule is Cn1nncc1-c1ccc2nc(-c3cccnc3N)n(-c3ccc(CO)cc3)c2n1. The number of hydrogen-bond donors (Lipinski definition) is 2. The van der Waals surface area contributed by atoms with Crippen LogP contribution in [-0.4, -0.2) is 39.6 Å². The molecule has 4 aromatic heterocycles. The van der Waals surface area contributed by atoms with E-state index in [2.05, 4.69) is 15.3 Å². The van der Waals surface area contributed by atoms with Crippen LogP contribution < -0.4 is 5.73 Å². The van der Waals surface area contributed by atoms with E-state index in [1.54, 1.807) is 17.1 Å². The van der Waals surface area contributed by atoms with Gasteiger partial charge < -0.3 is 10.8 Å². The molecule has 5 rings (SSSR count). The lowest BCUT2D eigenvalue weighted by Gasteiger charge is -2.11. The highest BCUT2D eigenvalue weighted by Gasteiger charge is 2.19. The highest BCUT2D eigenvalue weighted by atomic mass is 16.3. The van der Waals surface area contributed by atoms with Gasteiger partial charge in [-0.3, -0.25) is 4.57 Å². The van der Waals surface area contributed by atoms with Gasteiger partial charge in [0.1, 0.15) is 17.0 Å². The van der Waals surface area contributed by atoms with Crippen LogP contribution in [0, 0.1) is 0 Å². The fourth-order valence-corrected chi connectivity index (χ4v) is 3.40. The van der Waals surface area contributed by atoms with Gasteiger partial charge in [-0.1, -0.05) is 17.3 Å². The molecule has 0 radical (unpaired) electrons. The van der Waals surface area contributed by atoms with Gasteiger partial charge in [-0.15, -0.1) is 5.10 Å². The van der Waals surface area contributed by atoms with E-state index in [0.717, 1.165) is 28.2 Å². The van der Waals surface area contributed by atoms with Crippen LogP contribution in [-0.2, 0) is 13.7 Å². The molecule has 0 bridgehead atoms. The van der Waals surface area contributed by atoms with Crippen LogP contribution in [0.5, 0.6) is 0 Å². The Balaban J connectivity index is 1.80. The molecule has 30 heavy (non-hydrogen) atoms. The molecule has 4 heterocycles. The maximum absolute atomic E-state index is 9.40. The van der Waals surface area contributed by atoms with Crippen LogP contribution in [0.2, 0.25) is 0 Å². The molecule has 9 nitrogen and oxygen atoms in total. The smallest absolute Gasteiger partial charge is 0.165 e. The quantitative estimate of drug-likeness (QED) is 0.477. The average Bonchev–Trinajstić information content (AvgIpc) is 3.37. The molecule has 0 spiro atoms. The molecule has 0 saturated heterocycles. The number of pyridine rings is 2. The second-order valence-corrected chi connectivity index (χ2v) is 6.81. The van der Waals surface area contributed by atoms with Crippen LogP contribution in [0.1, 0.15) is 5.56 Å². The minimum atomic E-state index is -0.0245. The number of nitrogens with zero attached hydrogens (tertiary/aromatic N) is 7. The number of aromatic nitrogens is 7. The zero-order valence-corrected chi connectivity index (χ0v) is 16.1. The summed E-state index contributed by atoms with van der Waals surface area (Å²) in [7, 11) is 1.82. The highest BCUT2D eigenvalue weighted by molar-refractivity contribution is 5.84. The summed E-state index contributed by atoms with van der Waals surface area (Å²) in [5, 5.41) is 17.3. The average molecular weight is 398 g/mol. The van der Waals surface area contributed by atoms with Crippen molar-refractivity contribution in [1.29, 1.82) is 0 Å². The number of imidazole rings is 1. The van der Waals surface area contributed by atoms with E-state index in [1.807, 2.05) is 60.1 Å². The lowest BCUT2D eigenvalue weighted by atomic mass is 10.2. The molecule has 0 unspecified atom stereocenters. The molecule has 148 valence electrons. The van der Waals surface area contributed by atoms with Crippen LogP contribution in [0.25, 0.3) is 39.6 Å². The third-order valence-corrected chi connectivity index (χ3v) is 4.94. The van der Waals surface area contributed by atoms with Gasteiger partial charge in [-0.25, -0.2) is 19.6 Å². The Bertz CT molecular complexity index is 1350. The number of nitrogens with two attached hydrogens (primary N) is 1. The summed E-state index contributed by atoms with van der Waals surface area (Å²) in [5.41, 5.74) is 11.5. The van der Waals surface area contributed by atoms with Crippen molar-refractivity contribution in [3.63, 3.8) is 0 Å². The molecule has 0 amide bonds. The molecule has 5 aromatic rings. The highest BCUT2D eigenvalue weighted by Crippen LogP contribution is 2.31. The number of benzene rings is 1. The molecular weight excluding hydrogens is 380 g/mol. The zero-order valence-electron chi connectivity index (χ0n) is 16.1. The van der Waals surface area contributed by atoms with Gasteiger partial charge in [0.15, 0.2) is 11.5 Å². The number of aliphatic hydroxyl groups excluding tert-OH is 1. The molecule has 1 aromatic carbocycles. The van der Waals surface area contributed by atoms with Gasteiger partial charge in [0.2, 0.25) is 0 Å². The molecule has 0 saturated carbocycles. The van der Waals surface area contributed by atoms with E-state index in [0.29, 0.717) is 22.9 Å². The minimum absolute atomic E-state index is 0.0245. The van der Waals surface area contributed by atoms with E-state index in [9.17, 15) is 5.11 Å². The number of fused-ring (bicyclic) bond motifs is 1. The number of aryl methyl sites for hydroxylation is 1. The number of hydrogen-bond acceptors (Lipinski definition) is 7. The monoisotopic (exact) mass is 398 g/mol. The van der Waals surface area contributed by atoms with E-state index >= 15 is 0 Å². The third kappa shape index (κ3) is 2.88. The standard InChI is InChI=1S/C21H18N8O/c1-28-18(11-24-27-28)16-8-9-17-21(25-16)29(14-6-4-13(12-30)5-7-14)20(26-17)15-3-2-10-23-19(15)22/h2-11,30H,12H2,1H3,(H2,22,23). The Morgan fingerprint density at radius 1 is 1.03 bits per heavy atom. The predicted octanol–water partition coefficient (Wildman–Crippen LogP) is 2.35. The second kappa shape index (κ2) is 7.05. The maximum Gasteiger partial charge on any atom is 0.165 e. The van der Waals surface area contributed by atoms with Crippen LogP contribution in [0.3, 0.4) is 0 Å². The summed E-state index contributed by atoms with van der Waals surface area (Å²) in [4.78, 5) is 13.9. The van der Waals surface area contributed by atoms with Gasteiger partial charge >= 0.3 is 0 Å². The molecule has 0 aliphatic heterocycles. The van der Waals surface area contributed by atoms with Crippen LogP contribution in [0.4, 0.5) is 5.82 Å². The first-order chi connectivity index (χ1) is 14.7. The first-order valence-corrected chi connectivity index (χ1v) is 9.31. The van der Waals surface area contributed by atoms with Crippen molar-refractivity contribution < 1.29 is 5.11 Å². The Morgan fingerprint density at radius 3 is 2.57 bits per heavy atom. The molecular formula is C21H18N8O. The first-order valence-electron chi connectivity index (χ1n) is 9.31. The number of rotatable bonds is 4. The Morgan fingerprint density at radius 2 is 1.87 bits per heavy atom.